The molecule has 1 nitrogen and oxygen atoms in total. The van der Waals surface area contributed by atoms with E-state index in [0.29, 0.717) is 6.10 Å². The van der Waals surface area contributed by atoms with Gasteiger partial charge in [0, 0.05) is 17.7 Å². The third-order valence-corrected chi connectivity index (χ3v) is 4.51. The number of thioether (sulfide) groups is 1. The van der Waals surface area contributed by atoms with E-state index in [1.165, 1.54) is 24.3 Å². The standard InChI is InChI=1S/C9H17BrOS/c1-8(5-10)6-12-7-9-3-2-4-11-9/h8-9H,2-7H2,1H3. The Labute approximate surface area is 87.8 Å². The highest BCUT2D eigenvalue weighted by molar-refractivity contribution is 9.09. The Morgan fingerprint density at radius 3 is 3.08 bits per heavy atom. The fraction of sp³-hybridized carbons (Fsp3) is 1.00. The lowest BCUT2D eigenvalue weighted by Gasteiger charge is -2.10. The monoisotopic (exact) mass is 252 g/mol. The second-order valence-corrected chi connectivity index (χ2v) is 5.15. The largest absolute Gasteiger partial charge is 0.377 e. The summed E-state index contributed by atoms with van der Waals surface area (Å²) in [5, 5.41) is 1.12. The Hall–Kier alpha value is 0.790. The molecule has 2 unspecified atom stereocenters. The summed E-state index contributed by atoms with van der Waals surface area (Å²) in [5.41, 5.74) is 0. The van der Waals surface area contributed by atoms with E-state index < -0.39 is 0 Å². The minimum Gasteiger partial charge on any atom is -0.377 e. The van der Waals surface area contributed by atoms with Crippen molar-refractivity contribution in [2.75, 3.05) is 23.4 Å². The van der Waals surface area contributed by atoms with E-state index in [4.69, 9.17) is 4.74 Å². The van der Waals surface area contributed by atoms with Crippen molar-refractivity contribution in [1.82, 2.24) is 0 Å². The molecule has 1 rings (SSSR count). The zero-order valence-electron chi connectivity index (χ0n) is 7.59. The topological polar surface area (TPSA) is 9.23 Å². The van der Waals surface area contributed by atoms with Crippen molar-refractivity contribution in [3.63, 3.8) is 0 Å². The first-order valence-corrected chi connectivity index (χ1v) is 6.86. The third-order valence-electron chi connectivity index (χ3n) is 1.99. The average Bonchev–Trinajstić information content (AvgIpc) is 2.57. The molecule has 3 heteroatoms. The summed E-state index contributed by atoms with van der Waals surface area (Å²) in [6, 6.07) is 0. The van der Waals surface area contributed by atoms with Gasteiger partial charge in [-0.15, -0.1) is 0 Å². The van der Waals surface area contributed by atoms with Gasteiger partial charge in [-0.2, -0.15) is 11.8 Å². The lowest BCUT2D eigenvalue weighted by molar-refractivity contribution is 0.129. The summed E-state index contributed by atoms with van der Waals surface area (Å²) in [6.07, 6.45) is 3.09. The predicted octanol–water partition coefficient (Wildman–Crippen LogP) is 2.93. The van der Waals surface area contributed by atoms with E-state index in [1.807, 2.05) is 11.8 Å². The Bertz CT molecular complexity index is 115. The van der Waals surface area contributed by atoms with Crippen LogP contribution in [0.2, 0.25) is 0 Å². The minimum atomic E-state index is 0.553. The molecule has 1 aliphatic heterocycles. The molecule has 0 aromatic rings. The maximum atomic E-state index is 5.54. The van der Waals surface area contributed by atoms with Gasteiger partial charge in [0.25, 0.3) is 0 Å². The van der Waals surface area contributed by atoms with Crippen LogP contribution in [0.15, 0.2) is 0 Å². The Kier molecular flexibility index (Phi) is 5.68. The van der Waals surface area contributed by atoms with E-state index in [9.17, 15) is 0 Å². The molecule has 0 aliphatic carbocycles. The van der Waals surface area contributed by atoms with E-state index >= 15 is 0 Å². The van der Waals surface area contributed by atoms with Crippen molar-refractivity contribution in [3.05, 3.63) is 0 Å². The van der Waals surface area contributed by atoms with Crippen LogP contribution in [0.1, 0.15) is 19.8 Å². The van der Waals surface area contributed by atoms with Crippen LogP contribution in [0.25, 0.3) is 0 Å². The van der Waals surface area contributed by atoms with Gasteiger partial charge in [0.1, 0.15) is 0 Å². The fourth-order valence-corrected chi connectivity index (χ4v) is 2.94. The Balaban J connectivity index is 1.94. The molecule has 1 fully saturated rings. The molecule has 0 spiro atoms. The van der Waals surface area contributed by atoms with Crippen molar-refractivity contribution in [2.45, 2.75) is 25.9 Å². The van der Waals surface area contributed by atoms with Crippen LogP contribution >= 0.6 is 27.7 Å². The maximum Gasteiger partial charge on any atom is 0.0666 e. The smallest absolute Gasteiger partial charge is 0.0666 e. The molecule has 0 radical (unpaired) electrons. The molecular weight excluding hydrogens is 236 g/mol. The zero-order valence-corrected chi connectivity index (χ0v) is 9.99. The van der Waals surface area contributed by atoms with Crippen LogP contribution in [0.3, 0.4) is 0 Å². The molecule has 12 heavy (non-hydrogen) atoms. The van der Waals surface area contributed by atoms with Gasteiger partial charge >= 0.3 is 0 Å². The lowest BCUT2D eigenvalue weighted by Crippen LogP contribution is -2.10. The summed E-state index contributed by atoms with van der Waals surface area (Å²) >= 11 is 5.51. The molecule has 0 N–H and O–H groups in total. The molecular formula is C9H17BrOS. The molecule has 1 heterocycles. The summed E-state index contributed by atoms with van der Waals surface area (Å²) < 4.78 is 5.54. The normalized spacial score (nSPS) is 26.0. The molecule has 2 atom stereocenters. The third kappa shape index (κ3) is 4.15. The first kappa shape index (κ1) is 10.9. The molecule has 0 aromatic heterocycles. The van der Waals surface area contributed by atoms with E-state index in [-0.39, 0.29) is 0 Å². The van der Waals surface area contributed by atoms with Gasteiger partial charge in [-0.1, -0.05) is 22.9 Å². The highest BCUT2D eigenvalue weighted by Crippen LogP contribution is 2.19. The SMILES string of the molecule is CC(CBr)CSCC1CCCO1. The summed E-state index contributed by atoms with van der Waals surface area (Å²) in [6.45, 7) is 3.26. The average molecular weight is 253 g/mol. The van der Waals surface area contributed by atoms with Crippen LogP contribution in [-0.2, 0) is 4.74 Å². The van der Waals surface area contributed by atoms with E-state index in [1.54, 1.807) is 0 Å². The first-order valence-electron chi connectivity index (χ1n) is 4.58. The minimum absolute atomic E-state index is 0.553. The van der Waals surface area contributed by atoms with Gasteiger partial charge in [0.2, 0.25) is 0 Å². The van der Waals surface area contributed by atoms with E-state index in [0.717, 1.165) is 17.9 Å². The summed E-state index contributed by atoms with van der Waals surface area (Å²) in [5.74, 6) is 3.24. The molecule has 0 aromatic carbocycles. The highest BCUT2D eigenvalue weighted by atomic mass is 79.9. The molecule has 0 saturated carbocycles. The first-order chi connectivity index (χ1) is 5.83. The van der Waals surface area contributed by atoms with Gasteiger partial charge in [-0.25, -0.2) is 0 Å². The van der Waals surface area contributed by atoms with Crippen LogP contribution in [0.5, 0.6) is 0 Å². The van der Waals surface area contributed by atoms with Gasteiger partial charge < -0.3 is 4.74 Å². The van der Waals surface area contributed by atoms with Crippen molar-refractivity contribution < 1.29 is 4.74 Å². The van der Waals surface area contributed by atoms with Crippen molar-refractivity contribution in [1.29, 1.82) is 0 Å². The number of ether oxygens (including phenoxy) is 1. The number of rotatable bonds is 5. The number of halogens is 1. The summed E-state index contributed by atoms with van der Waals surface area (Å²) in [7, 11) is 0. The second kappa shape index (κ2) is 6.28. The lowest BCUT2D eigenvalue weighted by atomic mass is 10.3. The molecule has 1 saturated heterocycles. The molecule has 1 aliphatic rings. The Morgan fingerprint density at radius 2 is 2.50 bits per heavy atom. The van der Waals surface area contributed by atoms with Gasteiger partial charge in [0.05, 0.1) is 6.10 Å². The van der Waals surface area contributed by atoms with Gasteiger partial charge in [-0.05, 0) is 24.5 Å². The molecule has 0 bridgehead atoms. The Morgan fingerprint density at radius 1 is 1.67 bits per heavy atom. The quantitative estimate of drug-likeness (QED) is 0.697. The van der Waals surface area contributed by atoms with Crippen molar-refractivity contribution >= 4 is 27.7 Å². The maximum absolute atomic E-state index is 5.54. The van der Waals surface area contributed by atoms with E-state index in [2.05, 4.69) is 22.9 Å². The van der Waals surface area contributed by atoms with Crippen molar-refractivity contribution in [2.24, 2.45) is 5.92 Å². The molecule has 0 amide bonds. The zero-order chi connectivity index (χ0) is 8.81. The van der Waals surface area contributed by atoms with Crippen LogP contribution in [0.4, 0.5) is 0 Å². The highest BCUT2D eigenvalue weighted by Gasteiger charge is 2.15. The summed E-state index contributed by atoms with van der Waals surface area (Å²) in [4.78, 5) is 0. The van der Waals surface area contributed by atoms with Crippen LogP contribution in [0, 0.1) is 5.92 Å². The van der Waals surface area contributed by atoms with Crippen LogP contribution in [-0.4, -0.2) is 29.5 Å². The second-order valence-electron chi connectivity index (χ2n) is 3.43. The fourth-order valence-electron chi connectivity index (χ4n) is 1.22. The van der Waals surface area contributed by atoms with Crippen molar-refractivity contribution in [3.8, 4) is 0 Å². The van der Waals surface area contributed by atoms with Gasteiger partial charge in [0.15, 0.2) is 0 Å². The van der Waals surface area contributed by atoms with Gasteiger partial charge in [-0.3, -0.25) is 0 Å². The number of hydrogen-bond donors (Lipinski definition) is 0. The molecule has 72 valence electrons. The number of alkyl halides is 1. The number of hydrogen-bond acceptors (Lipinski definition) is 2. The van der Waals surface area contributed by atoms with Crippen LogP contribution < -0.4 is 0 Å². The predicted molar refractivity (Wildman–Crippen MR) is 59.3 cm³/mol.